The molecule has 0 aliphatic heterocycles. The van der Waals surface area contributed by atoms with Crippen molar-refractivity contribution >= 4 is 28.6 Å². The fraction of sp³-hybridized carbons (Fsp3) is 0.444. The molecule has 0 amide bonds. The molecule has 0 saturated heterocycles. The quantitative estimate of drug-likeness (QED) is 0.763. The van der Waals surface area contributed by atoms with Crippen LogP contribution < -0.4 is 4.72 Å². The lowest BCUT2D eigenvalue weighted by Crippen LogP contribution is -2.34. The van der Waals surface area contributed by atoms with Crippen LogP contribution in [0, 0.1) is 6.92 Å². The molecule has 0 aliphatic carbocycles. The summed E-state index contributed by atoms with van der Waals surface area (Å²) in [6.45, 7) is 9.25. The minimum atomic E-state index is -1.29. The summed E-state index contributed by atoms with van der Waals surface area (Å²) in [5.41, 5.74) is 2.19. The summed E-state index contributed by atoms with van der Waals surface area (Å²) in [6, 6.07) is 4.58. The first-order valence-electron chi connectivity index (χ1n) is 8.08. The van der Waals surface area contributed by atoms with E-state index in [1.165, 1.54) is 7.11 Å². The summed E-state index contributed by atoms with van der Waals surface area (Å²) < 4.78 is 25.4. The van der Waals surface area contributed by atoms with E-state index in [4.69, 9.17) is 20.9 Å². The lowest BCUT2D eigenvalue weighted by atomic mass is 9.96. The third-order valence-corrected chi connectivity index (χ3v) is 5.69. The van der Waals surface area contributed by atoms with Crippen molar-refractivity contribution in [2.45, 2.75) is 45.4 Å². The number of nitrogens with one attached hydrogen (secondary N) is 1. The van der Waals surface area contributed by atoms with E-state index in [0.717, 1.165) is 0 Å². The maximum atomic E-state index is 12.4. The second kappa shape index (κ2) is 7.90. The van der Waals surface area contributed by atoms with Gasteiger partial charge in [0.25, 0.3) is 0 Å². The standard InChI is InChI=1S/C18H23ClN2O4S/c1-10-15(13-8-7-12(19)9-14(13)17(22)24-6)16(25-20-10)11(2)21-26(23)18(3,4)5/h7-9,11,21H,1-6H3. The summed E-state index contributed by atoms with van der Waals surface area (Å²) >= 11 is 6.04. The van der Waals surface area contributed by atoms with Crippen LogP contribution in [0.1, 0.15) is 55.5 Å². The highest BCUT2D eigenvalue weighted by Crippen LogP contribution is 2.35. The Morgan fingerprint density at radius 3 is 2.62 bits per heavy atom. The van der Waals surface area contributed by atoms with Gasteiger partial charge in [0.1, 0.15) is 0 Å². The van der Waals surface area contributed by atoms with Crippen molar-refractivity contribution in [2.24, 2.45) is 0 Å². The summed E-state index contributed by atoms with van der Waals surface area (Å²) in [5.74, 6) is -0.0134. The van der Waals surface area contributed by atoms with Crippen molar-refractivity contribution in [2.75, 3.05) is 7.11 Å². The molecule has 1 aromatic carbocycles. The fourth-order valence-corrected chi connectivity index (χ4v) is 3.37. The molecule has 0 spiro atoms. The SMILES string of the molecule is COC(=O)c1cc(Cl)ccc1-c1c(C)noc1C(C)NS(=O)C(C)(C)C. The first-order chi connectivity index (χ1) is 12.1. The van der Waals surface area contributed by atoms with Crippen molar-refractivity contribution in [3.05, 3.63) is 40.2 Å². The zero-order valence-electron chi connectivity index (χ0n) is 15.7. The predicted octanol–water partition coefficient (Wildman–Crippen LogP) is 4.20. The number of benzene rings is 1. The summed E-state index contributed by atoms with van der Waals surface area (Å²) in [6.07, 6.45) is 0. The third kappa shape index (κ3) is 4.34. The van der Waals surface area contributed by atoms with E-state index in [-0.39, 0.29) is 6.04 Å². The van der Waals surface area contributed by atoms with Gasteiger partial charge in [-0.05, 0) is 46.8 Å². The number of carbonyl (C=O) groups excluding carboxylic acids is 1. The minimum Gasteiger partial charge on any atom is -0.465 e. The molecule has 0 bridgehead atoms. The van der Waals surface area contributed by atoms with Gasteiger partial charge in [0, 0.05) is 10.6 Å². The van der Waals surface area contributed by atoms with Crippen LogP contribution >= 0.6 is 11.6 Å². The van der Waals surface area contributed by atoms with Crippen molar-refractivity contribution in [1.29, 1.82) is 0 Å². The first-order valence-corrected chi connectivity index (χ1v) is 9.61. The molecule has 1 N–H and O–H groups in total. The molecule has 2 rings (SSSR count). The van der Waals surface area contributed by atoms with Crippen LogP contribution in [0.15, 0.2) is 22.7 Å². The molecule has 2 atom stereocenters. The molecule has 2 unspecified atom stereocenters. The minimum absolute atomic E-state index is 0.316. The number of aryl methyl sites for hydroxylation is 1. The molecule has 1 heterocycles. The summed E-state index contributed by atoms with van der Waals surface area (Å²) in [4.78, 5) is 12.2. The Bertz CT molecular complexity index is 842. The van der Waals surface area contributed by atoms with Gasteiger partial charge in [0.15, 0.2) is 5.76 Å². The van der Waals surface area contributed by atoms with Gasteiger partial charge in [-0.15, -0.1) is 0 Å². The number of rotatable bonds is 5. The molecule has 0 aliphatic rings. The van der Waals surface area contributed by atoms with Crippen LogP contribution in [0.2, 0.25) is 5.02 Å². The van der Waals surface area contributed by atoms with Crippen molar-refractivity contribution < 1.29 is 18.3 Å². The van der Waals surface area contributed by atoms with Crippen molar-refractivity contribution in [3.8, 4) is 11.1 Å². The number of esters is 1. The van der Waals surface area contributed by atoms with Crippen LogP contribution in [0.25, 0.3) is 11.1 Å². The molecule has 1 aromatic heterocycles. The molecule has 26 heavy (non-hydrogen) atoms. The van der Waals surface area contributed by atoms with E-state index in [0.29, 0.717) is 33.2 Å². The van der Waals surface area contributed by atoms with E-state index in [1.807, 2.05) is 27.7 Å². The maximum Gasteiger partial charge on any atom is 0.338 e. The van der Waals surface area contributed by atoms with Crippen LogP contribution in [-0.4, -0.2) is 27.2 Å². The highest BCUT2D eigenvalue weighted by Gasteiger charge is 2.28. The number of nitrogens with zero attached hydrogens (tertiary/aromatic N) is 1. The second-order valence-corrected chi connectivity index (χ2v) is 9.34. The zero-order chi connectivity index (χ0) is 19.6. The van der Waals surface area contributed by atoms with Crippen molar-refractivity contribution in [3.63, 3.8) is 0 Å². The first kappa shape index (κ1) is 20.6. The number of carbonyl (C=O) groups is 1. The molecule has 0 saturated carbocycles. The van der Waals surface area contributed by atoms with Gasteiger partial charge in [0.2, 0.25) is 0 Å². The molecule has 0 radical (unpaired) electrons. The van der Waals surface area contributed by atoms with Gasteiger partial charge < -0.3 is 9.26 Å². The third-order valence-electron chi connectivity index (χ3n) is 3.78. The number of hydrogen-bond donors (Lipinski definition) is 1. The monoisotopic (exact) mass is 398 g/mol. The van der Waals surface area contributed by atoms with E-state index in [1.54, 1.807) is 25.1 Å². The van der Waals surface area contributed by atoms with Crippen LogP contribution in [0.4, 0.5) is 0 Å². The highest BCUT2D eigenvalue weighted by atomic mass is 35.5. The van der Waals surface area contributed by atoms with Gasteiger partial charge in [-0.1, -0.05) is 22.8 Å². The topological polar surface area (TPSA) is 81.4 Å². The van der Waals surface area contributed by atoms with Crippen LogP contribution in [0.3, 0.4) is 0 Å². The van der Waals surface area contributed by atoms with Crippen LogP contribution in [-0.2, 0) is 15.7 Å². The molecular formula is C18H23ClN2O4S. The number of halogens is 1. The molecular weight excluding hydrogens is 376 g/mol. The van der Waals surface area contributed by atoms with E-state index in [9.17, 15) is 9.00 Å². The smallest absolute Gasteiger partial charge is 0.338 e. The lowest BCUT2D eigenvalue weighted by molar-refractivity contribution is 0.0601. The Balaban J connectivity index is 2.52. The molecule has 2 aromatic rings. The van der Waals surface area contributed by atoms with E-state index in [2.05, 4.69) is 9.88 Å². The summed E-state index contributed by atoms with van der Waals surface area (Å²) in [7, 11) is 0.0173. The van der Waals surface area contributed by atoms with Crippen LogP contribution in [0.5, 0.6) is 0 Å². The second-order valence-electron chi connectivity index (χ2n) is 6.91. The Kier molecular flexibility index (Phi) is 6.26. The van der Waals surface area contributed by atoms with Gasteiger partial charge in [-0.2, -0.15) is 0 Å². The number of aromatic nitrogens is 1. The Labute approximate surface area is 160 Å². The number of hydrogen-bond acceptors (Lipinski definition) is 5. The molecule has 8 heteroatoms. The van der Waals surface area contributed by atoms with Gasteiger partial charge in [-0.25, -0.2) is 13.7 Å². The average molecular weight is 399 g/mol. The summed E-state index contributed by atoms with van der Waals surface area (Å²) in [5, 5.41) is 4.45. The highest BCUT2D eigenvalue weighted by molar-refractivity contribution is 7.84. The Hall–Kier alpha value is -1.70. The lowest BCUT2D eigenvalue weighted by Gasteiger charge is -2.21. The van der Waals surface area contributed by atoms with Crippen molar-refractivity contribution in [1.82, 2.24) is 9.88 Å². The average Bonchev–Trinajstić information content (AvgIpc) is 2.94. The van der Waals surface area contributed by atoms with Gasteiger partial charge >= 0.3 is 5.97 Å². The zero-order valence-corrected chi connectivity index (χ0v) is 17.2. The maximum absolute atomic E-state index is 12.4. The van der Waals surface area contributed by atoms with E-state index >= 15 is 0 Å². The molecule has 142 valence electrons. The molecule has 0 fully saturated rings. The number of ether oxygens (including phenoxy) is 1. The van der Waals surface area contributed by atoms with Gasteiger partial charge in [-0.3, -0.25) is 0 Å². The van der Waals surface area contributed by atoms with E-state index < -0.39 is 21.7 Å². The predicted molar refractivity (Wildman–Crippen MR) is 102 cm³/mol. The Morgan fingerprint density at radius 1 is 1.38 bits per heavy atom. The molecule has 6 nitrogen and oxygen atoms in total. The normalized spacial score (nSPS) is 14.1. The number of methoxy groups -OCH3 is 1. The van der Waals surface area contributed by atoms with Gasteiger partial charge in [0.05, 0.1) is 45.7 Å². The Morgan fingerprint density at radius 2 is 2.04 bits per heavy atom. The largest absolute Gasteiger partial charge is 0.465 e. The fourth-order valence-electron chi connectivity index (χ4n) is 2.41.